The molecule has 108 valence electrons. The Morgan fingerprint density at radius 3 is 2.85 bits per heavy atom. The summed E-state index contributed by atoms with van der Waals surface area (Å²) >= 11 is 0. The minimum absolute atomic E-state index is 0.0785. The maximum atomic E-state index is 12.6. The third-order valence-corrected chi connectivity index (χ3v) is 4.56. The smallest absolute Gasteiger partial charge is 0.395 e. The van der Waals surface area contributed by atoms with Gasteiger partial charge in [0, 0.05) is 12.1 Å². The Labute approximate surface area is 116 Å². The Hall–Kier alpha value is -1.85. The van der Waals surface area contributed by atoms with Crippen LogP contribution in [-0.4, -0.2) is 27.8 Å². The van der Waals surface area contributed by atoms with E-state index in [9.17, 15) is 14.9 Å². The molecule has 3 rings (SSSR count). The fourth-order valence-corrected chi connectivity index (χ4v) is 3.73. The van der Waals surface area contributed by atoms with Crippen molar-refractivity contribution in [1.29, 1.82) is 0 Å². The number of likely N-dealkylation sites (tertiary alicyclic amines) is 1. The summed E-state index contributed by atoms with van der Waals surface area (Å²) in [5, 5.41) is 10.6. The van der Waals surface area contributed by atoms with Gasteiger partial charge in [0.15, 0.2) is 5.76 Å². The minimum atomic E-state index is -0.617. The normalized spacial score (nSPS) is 29.2. The predicted octanol–water partition coefficient (Wildman–Crippen LogP) is 2.98. The Morgan fingerprint density at radius 1 is 1.40 bits per heavy atom. The number of nitro groups is 1. The Kier molecular flexibility index (Phi) is 3.23. The zero-order valence-electron chi connectivity index (χ0n) is 11.4. The second-order valence-corrected chi connectivity index (χ2v) is 5.80. The molecule has 2 heterocycles. The quantitative estimate of drug-likeness (QED) is 0.615. The van der Waals surface area contributed by atoms with E-state index in [1.165, 1.54) is 25.0 Å². The molecule has 1 aliphatic heterocycles. The Balaban J connectivity index is 1.83. The first-order chi connectivity index (χ1) is 9.58. The molecule has 3 unspecified atom stereocenters. The largest absolute Gasteiger partial charge is 0.433 e. The number of hydrogen-bond donors (Lipinski definition) is 0. The maximum absolute atomic E-state index is 12.6. The van der Waals surface area contributed by atoms with Crippen LogP contribution < -0.4 is 0 Å². The lowest BCUT2D eigenvalue weighted by molar-refractivity contribution is -0.402. The molecule has 6 nitrogen and oxygen atoms in total. The lowest BCUT2D eigenvalue weighted by atomic mass is 9.85. The Bertz CT molecular complexity index is 539. The fourth-order valence-electron chi connectivity index (χ4n) is 3.73. The standard InChI is InChI=1S/C14H18N2O4/c1-9-8-10-4-2-3-5-11(10)15(9)14(17)12-6-7-13(20-12)16(18)19/h6-7,9-11H,2-5,8H2,1H3. The summed E-state index contributed by atoms with van der Waals surface area (Å²) in [5.41, 5.74) is 0. The minimum Gasteiger partial charge on any atom is -0.395 e. The van der Waals surface area contributed by atoms with Gasteiger partial charge in [-0.25, -0.2) is 0 Å². The van der Waals surface area contributed by atoms with Gasteiger partial charge in [0.1, 0.15) is 4.92 Å². The van der Waals surface area contributed by atoms with E-state index in [0.717, 1.165) is 19.3 Å². The first-order valence-electron chi connectivity index (χ1n) is 7.15. The molecule has 1 amide bonds. The topological polar surface area (TPSA) is 76.6 Å². The summed E-state index contributed by atoms with van der Waals surface area (Å²) in [5.74, 6) is 0.0721. The molecule has 1 aliphatic carbocycles. The SMILES string of the molecule is CC1CC2CCCCC2N1C(=O)c1ccc([N+](=O)[O-])o1. The number of rotatable bonds is 2. The van der Waals surface area contributed by atoms with E-state index in [2.05, 4.69) is 0 Å². The van der Waals surface area contributed by atoms with E-state index in [1.807, 2.05) is 11.8 Å². The van der Waals surface area contributed by atoms with Gasteiger partial charge in [-0.3, -0.25) is 14.9 Å². The van der Waals surface area contributed by atoms with E-state index in [0.29, 0.717) is 5.92 Å². The van der Waals surface area contributed by atoms with Crippen LogP contribution in [0.2, 0.25) is 0 Å². The molecule has 3 atom stereocenters. The van der Waals surface area contributed by atoms with Gasteiger partial charge >= 0.3 is 5.88 Å². The molecular formula is C14H18N2O4. The van der Waals surface area contributed by atoms with E-state index in [1.54, 1.807) is 0 Å². The van der Waals surface area contributed by atoms with Crippen LogP contribution in [0.1, 0.15) is 49.6 Å². The van der Waals surface area contributed by atoms with Gasteiger partial charge < -0.3 is 9.32 Å². The highest BCUT2D eigenvalue weighted by Crippen LogP contribution is 2.40. The average Bonchev–Trinajstić information content (AvgIpc) is 3.01. The van der Waals surface area contributed by atoms with Crippen molar-refractivity contribution in [3.8, 4) is 0 Å². The molecular weight excluding hydrogens is 260 g/mol. The highest BCUT2D eigenvalue weighted by molar-refractivity contribution is 5.92. The highest BCUT2D eigenvalue weighted by atomic mass is 16.6. The number of furan rings is 1. The van der Waals surface area contributed by atoms with Crippen LogP contribution in [-0.2, 0) is 0 Å². The molecule has 2 aliphatic rings. The molecule has 0 aromatic carbocycles. The fraction of sp³-hybridized carbons (Fsp3) is 0.643. The van der Waals surface area contributed by atoms with E-state index in [-0.39, 0.29) is 29.6 Å². The summed E-state index contributed by atoms with van der Waals surface area (Å²) in [6.07, 6.45) is 5.62. The zero-order chi connectivity index (χ0) is 14.3. The van der Waals surface area contributed by atoms with Gasteiger partial charge in [-0.2, -0.15) is 0 Å². The van der Waals surface area contributed by atoms with Crippen molar-refractivity contribution in [2.45, 2.75) is 51.1 Å². The van der Waals surface area contributed by atoms with Gasteiger partial charge in [0.25, 0.3) is 5.91 Å². The number of hydrogen-bond acceptors (Lipinski definition) is 4. The second kappa shape index (κ2) is 4.92. The molecule has 2 fully saturated rings. The van der Waals surface area contributed by atoms with Crippen LogP contribution in [0, 0.1) is 16.0 Å². The van der Waals surface area contributed by atoms with E-state index < -0.39 is 4.92 Å². The summed E-state index contributed by atoms with van der Waals surface area (Å²) in [4.78, 5) is 24.5. The second-order valence-electron chi connectivity index (χ2n) is 5.80. The van der Waals surface area contributed by atoms with Gasteiger partial charge in [0.2, 0.25) is 0 Å². The van der Waals surface area contributed by atoms with Gasteiger partial charge in [-0.15, -0.1) is 0 Å². The van der Waals surface area contributed by atoms with Gasteiger partial charge in [0.05, 0.1) is 6.07 Å². The van der Waals surface area contributed by atoms with Crippen molar-refractivity contribution in [3.63, 3.8) is 0 Å². The zero-order valence-corrected chi connectivity index (χ0v) is 11.4. The Morgan fingerprint density at radius 2 is 2.15 bits per heavy atom. The van der Waals surface area contributed by atoms with Crippen LogP contribution in [0.15, 0.2) is 16.5 Å². The van der Waals surface area contributed by atoms with Crippen LogP contribution >= 0.6 is 0 Å². The summed E-state index contributed by atoms with van der Waals surface area (Å²) in [6.45, 7) is 2.05. The molecule has 0 bridgehead atoms. The summed E-state index contributed by atoms with van der Waals surface area (Å²) in [6, 6.07) is 3.10. The van der Waals surface area contributed by atoms with Crippen molar-refractivity contribution in [2.75, 3.05) is 0 Å². The molecule has 1 aromatic rings. The summed E-state index contributed by atoms with van der Waals surface area (Å²) < 4.78 is 5.06. The lowest BCUT2D eigenvalue weighted by Gasteiger charge is -2.32. The number of fused-ring (bicyclic) bond motifs is 1. The average molecular weight is 278 g/mol. The molecule has 0 spiro atoms. The van der Waals surface area contributed by atoms with E-state index in [4.69, 9.17) is 4.42 Å². The maximum Gasteiger partial charge on any atom is 0.433 e. The van der Waals surface area contributed by atoms with Crippen molar-refractivity contribution >= 4 is 11.8 Å². The van der Waals surface area contributed by atoms with Crippen LogP contribution in [0.25, 0.3) is 0 Å². The van der Waals surface area contributed by atoms with Crippen molar-refractivity contribution < 1.29 is 14.1 Å². The first kappa shape index (κ1) is 13.1. The van der Waals surface area contributed by atoms with Gasteiger partial charge in [-0.1, -0.05) is 12.8 Å². The molecule has 0 N–H and O–H groups in total. The third kappa shape index (κ3) is 2.09. The van der Waals surface area contributed by atoms with Crippen molar-refractivity contribution in [1.82, 2.24) is 4.90 Å². The lowest BCUT2D eigenvalue weighted by Crippen LogP contribution is -2.42. The van der Waals surface area contributed by atoms with Crippen LogP contribution in [0.5, 0.6) is 0 Å². The van der Waals surface area contributed by atoms with Crippen LogP contribution in [0.3, 0.4) is 0 Å². The highest BCUT2D eigenvalue weighted by Gasteiger charge is 2.43. The van der Waals surface area contributed by atoms with Crippen molar-refractivity contribution in [2.24, 2.45) is 5.92 Å². The first-order valence-corrected chi connectivity index (χ1v) is 7.15. The predicted molar refractivity (Wildman–Crippen MR) is 71.4 cm³/mol. The number of carbonyl (C=O) groups excluding carboxylic acids is 1. The third-order valence-electron chi connectivity index (χ3n) is 4.56. The van der Waals surface area contributed by atoms with Crippen LogP contribution in [0.4, 0.5) is 5.88 Å². The number of nitrogens with zero attached hydrogens (tertiary/aromatic N) is 2. The number of amides is 1. The molecule has 1 aromatic heterocycles. The van der Waals surface area contributed by atoms with Crippen molar-refractivity contribution in [3.05, 3.63) is 28.0 Å². The molecule has 1 saturated heterocycles. The number of carbonyl (C=O) groups is 1. The monoisotopic (exact) mass is 278 g/mol. The molecule has 1 saturated carbocycles. The molecule has 6 heteroatoms. The molecule has 20 heavy (non-hydrogen) atoms. The van der Waals surface area contributed by atoms with Gasteiger partial charge in [-0.05, 0) is 38.2 Å². The van der Waals surface area contributed by atoms with E-state index >= 15 is 0 Å². The summed E-state index contributed by atoms with van der Waals surface area (Å²) in [7, 11) is 0. The molecule has 0 radical (unpaired) electrons.